The number of sulfonamides is 1. The summed E-state index contributed by atoms with van der Waals surface area (Å²) in [6, 6.07) is 17.9. The van der Waals surface area contributed by atoms with Crippen LogP contribution in [0.25, 0.3) is 0 Å². The van der Waals surface area contributed by atoms with Gasteiger partial charge in [0.15, 0.2) is 0 Å². The van der Waals surface area contributed by atoms with Gasteiger partial charge in [-0.2, -0.15) is 0 Å². The fraction of sp³-hybridized carbons (Fsp3) is 0.136. The van der Waals surface area contributed by atoms with Crippen LogP contribution in [-0.4, -0.2) is 31.8 Å². The second kappa shape index (κ2) is 8.57. The van der Waals surface area contributed by atoms with Crippen LogP contribution in [0.4, 0.5) is 5.69 Å². The van der Waals surface area contributed by atoms with Gasteiger partial charge >= 0.3 is 0 Å². The summed E-state index contributed by atoms with van der Waals surface area (Å²) < 4.78 is 27.7. The van der Waals surface area contributed by atoms with Gasteiger partial charge in [-0.05, 0) is 60.9 Å². The van der Waals surface area contributed by atoms with Crippen molar-refractivity contribution < 1.29 is 18.0 Å². The highest BCUT2D eigenvalue weighted by atomic mass is 32.2. The van der Waals surface area contributed by atoms with Crippen LogP contribution in [0.2, 0.25) is 0 Å². The van der Waals surface area contributed by atoms with Gasteiger partial charge in [0.1, 0.15) is 5.69 Å². The highest BCUT2D eigenvalue weighted by Crippen LogP contribution is 2.31. The van der Waals surface area contributed by atoms with E-state index in [9.17, 15) is 18.0 Å². The number of benzene rings is 2. The Morgan fingerprint density at radius 2 is 1.58 bits per heavy atom. The molecule has 1 aliphatic rings. The minimum atomic E-state index is -3.76. The van der Waals surface area contributed by atoms with Crippen LogP contribution in [0.1, 0.15) is 32.8 Å². The van der Waals surface area contributed by atoms with E-state index in [1.165, 1.54) is 40.8 Å². The lowest BCUT2D eigenvalue weighted by molar-refractivity contribution is 0.0844. The maximum absolute atomic E-state index is 13.2. The number of aryl methyl sites for hydroxylation is 1. The molecule has 2 amide bonds. The number of hydrogen-bond donors (Lipinski definition) is 2. The van der Waals surface area contributed by atoms with Crippen LogP contribution in [0.15, 0.2) is 77.8 Å². The van der Waals surface area contributed by atoms with Crippen molar-refractivity contribution in [1.29, 1.82) is 0 Å². The molecule has 1 aliphatic heterocycles. The molecular weight excluding hydrogens is 416 g/mol. The highest BCUT2D eigenvalue weighted by molar-refractivity contribution is 7.92. The lowest BCUT2D eigenvalue weighted by Crippen LogP contribution is -2.42. The number of rotatable bonds is 4. The number of nitrogens with one attached hydrogen (secondary N) is 2. The Balaban J connectivity index is 1.47. The van der Waals surface area contributed by atoms with E-state index in [1.807, 2.05) is 18.2 Å². The van der Waals surface area contributed by atoms with Gasteiger partial charge in [0.2, 0.25) is 0 Å². The number of carbonyl (C=O) groups is 2. The van der Waals surface area contributed by atoms with E-state index >= 15 is 0 Å². The highest BCUT2D eigenvalue weighted by Gasteiger charge is 2.28. The van der Waals surface area contributed by atoms with Crippen molar-refractivity contribution >= 4 is 27.5 Å². The number of amides is 2. The zero-order valence-electron chi connectivity index (χ0n) is 16.5. The summed E-state index contributed by atoms with van der Waals surface area (Å²) in [5.74, 6) is -1.13. The Morgan fingerprint density at radius 3 is 2.32 bits per heavy atom. The van der Waals surface area contributed by atoms with Gasteiger partial charge in [0, 0.05) is 18.3 Å². The number of nitrogens with zero attached hydrogens (tertiary/aromatic N) is 2. The van der Waals surface area contributed by atoms with Gasteiger partial charge in [-0.25, -0.2) is 8.42 Å². The average Bonchev–Trinajstić information content (AvgIpc) is 2.82. The van der Waals surface area contributed by atoms with Crippen LogP contribution in [-0.2, 0) is 16.4 Å². The van der Waals surface area contributed by atoms with E-state index in [4.69, 9.17) is 0 Å². The fourth-order valence-electron chi connectivity index (χ4n) is 3.40. The van der Waals surface area contributed by atoms with E-state index in [0.29, 0.717) is 12.2 Å². The first-order valence-electron chi connectivity index (χ1n) is 9.69. The number of pyridine rings is 1. The molecule has 31 heavy (non-hydrogen) atoms. The molecule has 0 atom stereocenters. The SMILES string of the molecule is O=C(NNC(=O)c1ccccn1)c1ccc(S(=O)(=O)N2CCCc3ccccc32)cc1. The molecule has 0 aliphatic carbocycles. The molecule has 0 spiro atoms. The second-order valence-corrected chi connectivity index (χ2v) is 8.82. The normalized spacial score (nSPS) is 13.2. The quantitative estimate of drug-likeness (QED) is 0.610. The molecule has 2 aromatic carbocycles. The molecule has 8 nitrogen and oxygen atoms in total. The standard InChI is InChI=1S/C22H20N4O4S/c27-21(24-25-22(28)19-8-3-4-14-23-19)17-10-12-18(13-11-17)31(29,30)26-15-5-7-16-6-1-2-9-20(16)26/h1-4,6,8-14H,5,7,15H2,(H,24,27)(H,25,28). The number of hydrazine groups is 1. The molecule has 2 N–H and O–H groups in total. The van der Waals surface area contributed by atoms with Crippen molar-refractivity contribution in [2.75, 3.05) is 10.8 Å². The molecular formula is C22H20N4O4S. The number of para-hydroxylation sites is 1. The third-order valence-electron chi connectivity index (χ3n) is 4.96. The molecule has 158 valence electrons. The molecule has 0 saturated heterocycles. The second-order valence-electron chi connectivity index (χ2n) is 6.96. The maximum Gasteiger partial charge on any atom is 0.288 e. The zero-order valence-corrected chi connectivity index (χ0v) is 17.3. The van der Waals surface area contributed by atoms with Crippen molar-refractivity contribution in [2.24, 2.45) is 0 Å². The zero-order chi connectivity index (χ0) is 21.8. The number of hydrogen-bond acceptors (Lipinski definition) is 5. The van der Waals surface area contributed by atoms with E-state index in [0.717, 1.165) is 18.4 Å². The van der Waals surface area contributed by atoms with Crippen LogP contribution in [0.5, 0.6) is 0 Å². The fourth-order valence-corrected chi connectivity index (χ4v) is 4.94. The van der Waals surface area contributed by atoms with Crippen LogP contribution < -0.4 is 15.2 Å². The largest absolute Gasteiger partial charge is 0.288 e. The number of anilines is 1. The Hall–Kier alpha value is -3.72. The third-order valence-corrected chi connectivity index (χ3v) is 6.79. The number of aromatic nitrogens is 1. The molecule has 0 saturated carbocycles. The van der Waals surface area contributed by atoms with Crippen molar-refractivity contribution in [1.82, 2.24) is 15.8 Å². The van der Waals surface area contributed by atoms with E-state index in [-0.39, 0.29) is 16.2 Å². The Morgan fingerprint density at radius 1 is 0.871 bits per heavy atom. The van der Waals surface area contributed by atoms with Gasteiger partial charge in [0.25, 0.3) is 21.8 Å². The summed E-state index contributed by atoms with van der Waals surface area (Å²) in [5.41, 5.74) is 6.62. The molecule has 3 aromatic rings. The minimum absolute atomic E-state index is 0.0956. The average molecular weight is 436 g/mol. The Kier molecular flexibility index (Phi) is 5.68. The predicted molar refractivity (Wildman–Crippen MR) is 115 cm³/mol. The minimum Gasteiger partial charge on any atom is -0.267 e. The summed E-state index contributed by atoms with van der Waals surface area (Å²) in [4.78, 5) is 28.3. The summed E-state index contributed by atoms with van der Waals surface area (Å²) >= 11 is 0. The van der Waals surface area contributed by atoms with Crippen molar-refractivity contribution in [3.63, 3.8) is 0 Å². The molecule has 1 aromatic heterocycles. The lowest BCUT2D eigenvalue weighted by Gasteiger charge is -2.30. The predicted octanol–water partition coefficient (Wildman–Crippen LogP) is 2.30. The topological polar surface area (TPSA) is 108 Å². The number of fused-ring (bicyclic) bond motifs is 1. The van der Waals surface area contributed by atoms with Crippen LogP contribution in [0.3, 0.4) is 0 Å². The van der Waals surface area contributed by atoms with Gasteiger partial charge in [0.05, 0.1) is 10.6 Å². The van der Waals surface area contributed by atoms with E-state index < -0.39 is 21.8 Å². The van der Waals surface area contributed by atoms with Crippen molar-refractivity contribution in [3.05, 3.63) is 89.7 Å². The molecule has 0 fully saturated rings. The van der Waals surface area contributed by atoms with E-state index in [1.54, 1.807) is 18.2 Å². The summed E-state index contributed by atoms with van der Waals surface area (Å²) in [7, 11) is -3.76. The first kappa shape index (κ1) is 20.5. The summed E-state index contributed by atoms with van der Waals surface area (Å²) in [5, 5.41) is 0. The van der Waals surface area contributed by atoms with Gasteiger partial charge in [-0.1, -0.05) is 24.3 Å². The molecule has 4 rings (SSSR count). The first-order valence-corrected chi connectivity index (χ1v) is 11.1. The molecule has 9 heteroatoms. The molecule has 2 heterocycles. The van der Waals surface area contributed by atoms with Gasteiger partial charge < -0.3 is 0 Å². The van der Waals surface area contributed by atoms with Gasteiger partial charge in [-0.15, -0.1) is 0 Å². The maximum atomic E-state index is 13.2. The first-order chi connectivity index (χ1) is 15.0. The van der Waals surface area contributed by atoms with Crippen molar-refractivity contribution in [3.8, 4) is 0 Å². The monoisotopic (exact) mass is 436 g/mol. The smallest absolute Gasteiger partial charge is 0.267 e. The molecule has 0 unspecified atom stereocenters. The van der Waals surface area contributed by atoms with Gasteiger partial charge in [-0.3, -0.25) is 29.7 Å². The van der Waals surface area contributed by atoms with Crippen LogP contribution in [0, 0.1) is 0 Å². The van der Waals surface area contributed by atoms with Crippen molar-refractivity contribution in [2.45, 2.75) is 17.7 Å². The Labute approximate surface area is 179 Å². The molecule has 0 radical (unpaired) electrons. The van der Waals surface area contributed by atoms with E-state index in [2.05, 4.69) is 15.8 Å². The number of carbonyl (C=O) groups excluding carboxylic acids is 2. The lowest BCUT2D eigenvalue weighted by atomic mass is 10.0. The summed E-state index contributed by atoms with van der Waals surface area (Å²) in [6.45, 7) is 0.404. The Bertz CT molecular complexity index is 1210. The molecule has 0 bridgehead atoms. The third kappa shape index (κ3) is 4.26. The van der Waals surface area contributed by atoms with Crippen LogP contribution >= 0.6 is 0 Å². The summed E-state index contributed by atoms with van der Waals surface area (Å²) in [6.07, 6.45) is 3.05.